The first-order chi connectivity index (χ1) is 15.0. The van der Waals surface area contributed by atoms with Crippen molar-refractivity contribution in [2.45, 2.75) is 39.2 Å². The van der Waals surface area contributed by atoms with Crippen LogP contribution < -0.4 is 16.2 Å². The Hall–Kier alpha value is -2.20. The number of ketones is 1. The predicted molar refractivity (Wildman–Crippen MR) is 128 cm³/mol. The van der Waals surface area contributed by atoms with Crippen LogP contribution >= 0.6 is 28.3 Å². The van der Waals surface area contributed by atoms with E-state index in [1.54, 1.807) is 12.1 Å². The highest BCUT2D eigenvalue weighted by Crippen LogP contribution is 2.41. The van der Waals surface area contributed by atoms with Crippen molar-refractivity contribution in [3.05, 3.63) is 50.9 Å². The lowest BCUT2D eigenvalue weighted by molar-refractivity contribution is 0.103. The normalized spacial score (nSPS) is 13.2. The van der Waals surface area contributed by atoms with E-state index in [2.05, 4.69) is 26.1 Å². The number of halogens is 2. The van der Waals surface area contributed by atoms with Crippen LogP contribution in [0.25, 0.3) is 11.6 Å². The third-order valence-electron chi connectivity index (χ3n) is 5.48. The van der Waals surface area contributed by atoms with Gasteiger partial charge in [-0.1, -0.05) is 15.9 Å². The molecule has 0 bridgehead atoms. The molecule has 1 aliphatic carbocycles. The highest BCUT2D eigenvalue weighted by atomic mass is 79.9. The van der Waals surface area contributed by atoms with Crippen molar-refractivity contribution < 1.29 is 13.9 Å². The molecule has 0 aliphatic heterocycles. The Morgan fingerprint density at radius 3 is 2.66 bits per heavy atom. The molecular formula is C22H27BrClN5O3. The second-order valence-corrected chi connectivity index (χ2v) is 8.62. The molecule has 4 rings (SSSR count). The second-order valence-electron chi connectivity index (χ2n) is 7.70. The van der Waals surface area contributed by atoms with Gasteiger partial charge in [0.25, 0.3) is 5.89 Å². The van der Waals surface area contributed by atoms with E-state index in [-0.39, 0.29) is 18.2 Å². The van der Waals surface area contributed by atoms with Gasteiger partial charge in [0.2, 0.25) is 5.89 Å². The highest BCUT2D eigenvalue weighted by molar-refractivity contribution is 9.10. The Kier molecular flexibility index (Phi) is 7.76. The van der Waals surface area contributed by atoms with Crippen molar-refractivity contribution in [2.75, 3.05) is 19.7 Å². The minimum Gasteiger partial charge on any atom is -0.492 e. The summed E-state index contributed by atoms with van der Waals surface area (Å²) in [7, 11) is 0. The van der Waals surface area contributed by atoms with E-state index < -0.39 is 0 Å². The number of hydrogen-bond acceptors (Lipinski definition) is 7. The van der Waals surface area contributed by atoms with E-state index in [9.17, 15) is 4.79 Å². The van der Waals surface area contributed by atoms with Gasteiger partial charge in [-0.25, -0.2) is 0 Å². The lowest BCUT2D eigenvalue weighted by Crippen LogP contribution is -2.14. The van der Waals surface area contributed by atoms with Crippen molar-refractivity contribution in [3.63, 3.8) is 0 Å². The Labute approximate surface area is 201 Å². The van der Waals surface area contributed by atoms with E-state index in [0.29, 0.717) is 60.8 Å². The summed E-state index contributed by atoms with van der Waals surface area (Å²) in [6.07, 6.45) is 2.14. The Bertz CT molecular complexity index is 1120. The molecule has 1 fully saturated rings. The van der Waals surface area contributed by atoms with Crippen LogP contribution in [0.5, 0.6) is 5.75 Å². The van der Waals surface area contributed by atoms with Crippen LogP contribution in [0.4, 0.5) is 0 Å². The number of carbonyl (C=O) groups excluding carboxylic acids is 1. The fourth-order valence-corrected chi connectivity index (χ4v) is 4.21. The van der Waals surface area contributed by atoms with E-state index >= 15 is 0 Å². The van der Waals surface area contributed by atoms with Crippen molar-refractivity contribution in [1.29, 1.82) is 0 Å². The summed E-state index contributed by atoms with van der Waals surface area (Å²) in [5.41, 5.74) is 14.8. The smallest absolute Gasteiger partial charge is 0.264 e. The molecule has 0 spiro atoms. The van der Waals surface area contributed by atoms with Gasteiger partial charge < -0.3 is 25.2 Å². The first kappa shape index (κ1) is 24.4. The molecule has 2 aromatic heterocycles. The molecule has 0 radical (unpaired) electrons. The maximum absolute atomic E-state index is 13.7. The summed E-state index contributed by atoms with van der Waals surface area (Å²) < 4.78 is 14.5. The maximum atomic E-state index is 13.7. The number of ether oxygens (including phenoxy) is 1. The molecule has 10 heteroatoms. The zero-order valence-corrected chi connectivity index (χ0v) is 20.5. The SMILES string of the molecule is Cc1c(C(=O)c2cc(Br)ccc2OCCN)c(C)n(CCN)c1-c1nnc(C2CC2)o1.Cl. The third-order valence-corrected chi connectivity index (χ3v) is 5.97. The topological polar surface area (TPSA) is 122 Å². The number of carbonyl (C=O) groups is 1. The molecule has 32 heavy (non-hydrogen) atoms. The number of nitrogens with two attached hydrogens (primary N) is 2. The average Bonchev–Trinajstić information content (AvgIpc) is 3.44. The summed E-state index contributed by atoms with van der Waals surface area (Å²) in [5.74, 6) is 1.79. The van der Waals surface area contributed by atoms with Crippen LogP contribution in [-0.2, 0) is 6.54 Å². The predicted octanol–water partition coefficient (Wildman–Crippen LogP) is 3.74. The van der Waals surface area contributed by atoms with E-state index in [1.807, 2.05) is 24.5 Å². The number of nitrogens with zero attached hydrogens (tertiary/aromatic N) is 3. The van der Waals surface area contributed by atoms with Crippen molar-refractivity contribution in [1.82, 2.24) is 14.8 Å². The highest BCUT2D eigenvalue weighted by Gasteiger charge is 2.32. The molecule has 4 N–H and O–H groups in total. The first-order valence-electron chi connectivity index (χ1n) is 10.4. The Morgan fingerprint density at radius 2 is 2.00 bits per heavy atom. The summed E-state index contributed by atoms with van der Waals surface area (Å²) in [6, 6.07) is 5.38. The van der Waals surface area contributed by atoms with Gasteiger partial charge in [-0.05, 0) is 50.5 Å². The molecule has 0 atom stereocenters. The van der Waals surface area contributed by atoms with Crippen LogP contribution in [0.15, 0.2) is 27.1 Å². The molecular weight excluding hydrogens is 498 g/mol. The molecule has 0 unspecified atom stereocenters. The monoisotopic (exact) mass is 523 g/mol. The molecule has 3 aromatic rings. The molecule has 172 valence electrons. The zero-order chi connectivity index (χ0) is 22.1. The Morgan fingerprint density at radius 1 is 1.25 bits per heavy atom. The summed E-state index contributed by atoms with van der Waals surface area (Å²) in [6.45, 7) is 5.45. The lowest BCUT2D eigenvalue weighted by Gasteiger charge is -2.12. The second kappa shape index (κ2) is 10.2. The third kappa shape index (κ3) is 4.61. The van der Waals surface area contributed by atoms with E-state index in [0.717, 1.165) is 34.3 Å². The minimum atomic E-state index is -0.137. The summed E-state index contributed by atoms with van der Waals surface area (Å²) in [5, 5.41) is 8.49. The molecule has 0 saturated heterocycles. The van der Waals surface area contributed by atoms with Gasteiger partial charge in [0.15, 0.2) is 5.78 Å². The van der Waals surface area contributed by atoms with Crippen LogP contribution in [-0.4, -0.2) is 40.2 Å². The van der Waals surface area contributed by atoms with E-state index in [4.69, 9.17) is 20.6 Å². The van der Waals surface area contributed by atoms with Gasteiger partial charge in [-0.15, -0.1) is 22.6 Å². The number of hydrogen-bond donors (Lipinski definition) is 2. The Balaban J connectivity index is 0.00000289. The van der Waals surface area contributed by atoms with Crippen molar-refractivity contribution in [3.8, 4) is 17.3 Å². The van der Waals surface area contributed by atoms with Gasteiger partial charge in [0.05, 0.1) is 5.56 Å². The van der Waals surface area contributed by atoms with Crippen LogP contribution in [0, 0.1) is 13.8 Å². The van der Waals surface area contributed by atoms with Gasteiger partial charge in [-0.2, -0.15) is 0 Å². The number of rotatable bonds is 9. The van der Waals surface area contributed by atoms with E-state index in [1.165, 1.54) is 0 Å². The summed E-state index contributed by atoms with van der Waals surface area (Å²) >= 11 is 3.46. The van der Waals surface area contributed by atoms with Crippen LogP contribution in [0.1, 0.15) is 51.8 Å². The van der Waals surface area contributed by atoms with Crippen LogP contribution in [0.3, 0.4) is 0 Å². The summed E-state index contributed by atoms with van der Waals surface area (Å²) in [4.78, 5) is 13.7. The maximum Gasteiger partial charge on any atom is 0.264 e. The lowest BCUT2D eigenvalue weighted by atomic mass is 9.99. The average molecular weight is 525 g/mol. The number of benzene rings is 1. The number of aromatic nitrogens is 3. The molecule has 8 nitrogen and oxygen atoms in total. The quantitative estimate of drug-likeness (QED) is 0.409. The van der Waals surface area contributed by atoms with Crippen LogP contribution in [0.2, 0.25) is 0 Å². The largest absolute Gasteiger partial charge is 0.492 e. The molecule has 0 amide bonds. The van der Waals surface area contributed by atoms with Gasteiger partial charge in [0.1, 0.15) is 18.1 Å². The first-order valence-corrected chi connectivity index (χ1v) is 11.2. The molecule has 1 aromatic carbocycles. The molecule has 1 saturated carbocycles. The van der Waals surface area contributed by atoms with Crippen molar-refractivity contribution >= 4 is 34.1 Å². The molecule has 2 heterocycles. The van der Waals surface area contributed by atoms with Gasteiger partial charge in [-0.3, -0.25) is 4.79 Å². The molecule has 1 aliphatic rings. The fourth-order valence-electron chi connectivity index (χ4n) is 3.85. The minimum absolute atomic E-state index is 0. The van der Waals surface area contributed by atoms with Crippen molar-refractivity contribution in [2.24, 2.45) is 11.5 Å². The van der Waals surface area contributed by atoms with Gasteiger partial charge in [0, 0.05) is 41.3 Å². The fraction of sp³-hybridized carbons (Fsp3) is 0.409. The van der Waals surface area contributed by atoms with Gasteiger partial charge >= 0.3 is 0 Å². The zero-order valence-electron chi connectivity index (χ0n) is 18.1. The standard InChI is InChI=1S/C22H26BrN5O3.ClH/c1-12-18(20(29)16-11-15(23)5-6-17(16)30-10-8-25)13(2)28(9-7-24)19(12)22-27-26-21(31-22)14-3-4-14;/h5-6,11,14H,3-4,7-10,24-25H2,1-2H3;1H.